The van der Waals surface area contributed by atoms with Crippen LogP contribution in [0.3, 0.4) is 0 Å². The summed E-state index contributed by atoms with van der Waals surface area (Å²) in [4.78, 5) is 0. The Balaban J connectivity index is 2.10. The van der Waals surface area contributed by atoms with Crippen molar-refractivity contribution >= 4 is 5.69 Å². The van der Waals surface area contributed by atoms with E-state index in [1.54, 1.807) is 0 Å². The molecule has 0 saturated carbocycles. The summed E-state index contributed by atoms with van der Waals surface area (Å²) in [6, 6.07) is 17.8. The van der Waals surface area contributed by atoms with Gasteiger partial charge in [-0.25, -0.2) is 0 Å². The van der Waals surface area contributed by atoms with Gasteiger partial charge in [0.15, 0.2) is 0 Å². The van der Waals surface area contributed by atoms with Gasteiger partial charge in [-0.2, -0.15) is 0 Å². The van der Waals surface area contributed by atoms with E-state index in [0.717, 1.165) is 0 Å². The quantitative estimate of drug-likeness (QED) is 0.778. The Hall–Kier alpha value is -1.76. The Morgan fingerprint density at radius 3 is 2.15 bits per heavy atom. The molecule has 0 aliphatic heterocycles. The van der Waals surface area contributed by atoms with Crippen molar-refractivity contribution in [3.05, 3.63) is 65.2 Å². The molecule has 0 amide bonds. The van der Waals surface area contributed by atoms with Gasteiger partial charge in [0.25, 0.3) is 0 Å². The number of benzene rings is 2. The van der Waals surface area contributed by atoms with Gasteiger partial charge in [0, 0.05) is 11.7 Å². The van der Waals surface area contributed by atoms with Gasteiger partial charge in [-0.3, -0.25) is 0 Å². The zero-order valence-corrected chi connectivity index (χ0v) is 13.2. The SMILES string of the molecule is Cc1cccc(C(C)Nc2ccc(C(C)(C)C)cc2)c1. The first-order chi connectivity index (χ1) is 9.36. The fourth-order valence-corrected chi connectivity index (χ4v) is 2.34. The number of nitrogens with one attached hydrogen (secondary N) is 1. The molecule has 0 fully saturated rings. The van der Waals surface area contributed by atoms with Gasteiger partial charge >= 0.3 is 0 Å². The molecular weight excluding hydrogens is 242 g/mol. The Bertz CT molecular complexity index is 561. The Morgan fingerprint density at radius 1 is 0.950 bits per heavy atom. The summed E-state index contributed by atoms with van der Waals surface area (Å²) in [5.41, 5.74) is 5.38. The molecule has 106 valence electrons. The lowest BCUT2D eigenvalue weighted by Gasteiger charge is -2.21. The van der Waals surface area contributed by atoms with E-state index in [1.807, 2.05) is 0 Å². The molecule has 20 heavy (non-hydrogen) atoms. The number of hydrogen-bond donors (Lipinski definition) is 1. The Morgan fingerprint density at radius 2 is 1.60 bits per heavy atom. The molecule has 0 bridgehead atoms. The second kappa shape index (κ2) is 5.70. The van der Waals surface area contributed by atoms with E-state index in [1.165, 1.54) is 22.4 Å². The van der Waals surface area contributed by atoms with Crippen molar-refractivity contribution in [1.82, 2.24) is 0 Å². The van der Waals surface area contributed by atoms with Crippen LogP contribution in [0.25, 0.3) is 0 Å². The molecule has 0 radical (unpaired) electrons. The molecule has 1 unspecified atom stereocenters. The standard InChI is InChI=1S/C19H25N/c1-14-7-6-8-16(13-14)15(2)20-18-11-9-17(10-12-18)19(3,4)5/h6-13,15,20H,1-5H3. The van der Waals surface area contributed by atoms with Crippen molar-refractivity contribution in [1.29, 1.82) is 0 Å². The number of aryl methyl sites for hydroxylation is 1. The molecule has 0 saturated heterocycles. The maximum Gasteiger partial charge on any atom is 0.0485 e. The molecular formula is C19H25N. The van der Waals surface area contributed by atoms with Crippen molar-refractivity contribution in [3.63, 3.8) is 0 Å². The minimum Gasteiger partial charge on any atom is -0.379 e. The minimum atomic E-state index is 0.209. The van der Waals surface area contributed by atoms with E-state index >= 15 is 0 Å². The highest BCUT2D eigenvalue weighted by Gasteiger charge is 2.13. The highest BCUT2D eigenvalue weighted by molar-refractivity contribution is 5.47. The average molecular weight is 267 g/mol. The lowest BCUT2D eigenvalue weighted by molar-refractivity contribution is 0.590. The average Bonchev–Trinajstić information content (AvgIpc) is 2.38. The maximum absolute atomic E-state index is 3.56. The maximum atomic E-state index is 3.56. The highest BCUT2D eigenvalue weighted by Crippen LogP contribution is 2.25. The van der Waals surface area contributed by atoms with Crippen LogP contribution in [-0.2, 0) is 5.41 Å². The molecule has 1 N–H and O–H groups in total. The first-order valence-electron chi connectivity index (χ1n) is 7.30. The zero-order chi connectivity index (χ0) is 14.8. The molecule has 1 nitrogen and oxygen atoms in total. The van der Waals surface area contributed by atoms with Gasteiger partial charge in [-0.1, -0.05) is 62.7 Å². The van der Waals surface area contributed by atoms with Crippen LogP contribution in [0.15, 0.2) is 48.5 Å². The van der Waals surface area contributed by atoms with Gasteiger partial charge in [0.1, 0.15) is 0 Å². The van der Waals surface area contributed by atoms with Gasteiger partial charge in [0.05, 0.1) is 0 Å². The van der Waals surface area contributed by atoms with E-state index in [-0.39, 0.29) is 5.41 Å². The third-order valence-electron chi connectivity index (χ3n) is 3.68. The predicted molar refractivity (Wildman–Crippen MR) is 88.4 cm³/mol. The minimum absolute atomic E-state index is 0.209. The van der Waals surface area contributed by atoms with Gasteiger partial charge in [-0.15, -0.1) is 0 Å². The van der Waals surface area contributed by atoms with Crippen LogP contribution in [0.5, 0.6) is 0 Å². The summed E-state index contributed by atoms with van der Waals surface area (Å²) in [6.45, 7) is 11.1. The van der Waals surface area contributed by atoms with Gasteiger partial charge in [0.2, 0.25) is 0 Å². The van der Waals surface area contributed by atoms with E-state index < -0.39 is 0 Å². The van der Waals surface area contributed by atoms with Crippen LogP contribution in [-0.4, -0.2) is 0 Å². The summed E-state index contributed by atoms with van der Waals surface area (Å²) in [5.74, 6) is 0. The van der Waals surface area contributed by atoms with Crippen molar-refractivity contribution in [3.8, 4) is 0 Å². The second-order valence-electron chi connectivity index (χ2n) is 6.61. The summed E-state index contributed by atoms with van der Waals surface area (Å²) in [7, 11) is 0. The van der Waals surface area contributed by atoms with Crippen LogP contribution in [0.2, 0.25) is 0 Å². The highest BCUT2D eigenvalue weighted by atomic mass is 14.9. The molecule has 2 rings (SSSR count). The van der Waals surface area contributed by atoms with Crippen molar-refractivity contribution in [2.24, 2.45) is 0 Å². The summed E-state index contributed by atoms with van der Waals surface area (Å²) >= 11 is 0. The molecule has 1 atom stereocenters. The molecule has 0 spiro atoms. The lowest BCUT2D eigenvalue weighted by Crippen LogP contribution is -2.11. The third kappa shape index (κ3) is 3.63. The fourth-order valence-electron chi connectivity index (χ4n) is 2.34. The molecule has 0 aliphatic rings. The molecule has 2 aromatic carbocycles. The lowest BCUT2D eigenvalue weighted by atomic mass is 9.87. The van der Waals surface area contributed by atoms with Crippen LogP contribution in [0, 0.1) is 6.92 Å². The van der Waals surface area contributed by atoms with Crippen LogP contribution in [0.1, 0.15) is 50.4 Å². The molecule has 0 heterocycles. The van der Waals surface area contributed by atoms with Crippen LogP contribution < -0.4 is 5.32 Å². The largest absolute Gasteiger partial charge is 0.379 e. The van der Waals surface area contributed by atoms with Crippen LogP contribution in [0.4, 0.5) is 5.69 Å². The summed E-state index contributed by atoms with van der Waals surface area (Å²) in [5, 5.41) is 3.56. The van der Waals surface area contributed by atoms with E-state index in [2.05, 4.69) is 88.5 Å². The molecule has 2 aromatic rings. The second-order valence-corrected chi connectivity index (χ2v) is 6.61. The Kier molecular flexibility index (Phi) is 4.17. The van der Waals surface area contributed by atoms with Crippen LogP contribution >= 0.6 is 0 Å². The predicted octanol–water partition coefficient (Wildman–Crippen LogP) is 5.47. The normalized spacial score (nSPS) is 13.1. The topological polar surface area (TPSA) is 12.0 Å². The smallest absolute Gasteiger partial charge is 0.0485 e. The fraction of sp³-hybridized carbons (Fsp3) is 0.368. The Labute approximate surface area is 123 Å². The van der Waals surface area contributed by atoms with Gasteiger partial charge < -0.3 is 5.32 Å². The van der Waals surface area contributed by atoms with E-state index in [0.29, 0.717) is 6.04 Å². The first-order valence-corrected chi connectivity index (χ1v) is 7.30. The summed E-state index contributed by atoms with van der Waals surface area (Å²) in [6.07, 6.45) is 0. The summed E-state index contributed by atoms with van der Waals surface area (Å²) < 4.78 is 0. The van der Waals surface area contributed by atoms with Crippen molar-refractivity contribution in [2.75, 3.05) is 5.32 Å². The molecule has 1 heteroatoms. The zero-order valence-electron chi connectivity index (χ0n) is 13.2. The number of hydrogen-bond acceptors (Lipinski definition) is 1. The van der Waals surface area contributed by atoms with Gasteiger partial charge in [-0.05, 0) is 42.5 Å². The third-order valence-corrected chi connectivity index (χ3v) is 3.68. The van der Waals surface area contributed by atoms with E-state index in [9.17, 15) is 0 Å². The van der Waals surface area contributed by atoms with Crippen molar-refractivity contribution in [2.45, 2.75) is 46.1 Å². The number of rotatable bonds is 3. The monoisotopic (exact) mass is 267 g/mol. The molecule has 0 aliphatic carbocycles. The van der Waals surface area contributed by atoms with Crippen molar-refractivity contribution < 1.29 is 0 Å². The molecule has 0 aromatic heterocycles. The van der Waals surface area contributed by atoms with E-state index in [4.69, 9.17) is 0 Å². The number of anilines is 1. The first kappa shape index (κ1) is 14.6.